The molecule has 1 atom stereocenters. The molecular weight excluding hydrogens is 250 g/mol. The Balaban J connectivity index is 3.22. The number of benzene rings is 1. The van der Waals surface area contributed by atoms with Gasteiger partial charge in [-0.2, -0.15) is 5.26 Å². The van der Waals surface area contributed by atoms with Gasteiger partial charge in [-0.15, -0.1) is 0 Å². The van der Waals surface area contributed by atoms with Gasteiger partial charge in [-0.05, 0) is 25.5 Å². The lowest BCUT2D eigenvalue weighted by Gasteiger charge is -2.11. The molecule has 0 saturated carbocycles. The van der Waals surface area contributed by atoms with Crippen LogP contribution >= 0.6 is 0 Å². The van der Waals surface area contributed by atoms with E-state index in [2.05, 4.69) is 0 Å². The Labute approximate surface area is 97.9 Å². The van der Waals surface area contributed by atoms with Crippen LogP contribution in [0.25, 0.3) is 0 Å². The Hall–Kier alpha value is -1.68. The highest BCUT2D eigenvalue weighted by atomic mass is 32.2. The van der Waals surface area contributed by atoms with E-state index in [9.17, 15) is 17.2 Å². The molecule has 0 bridgehead atoms. The minimum absolute atomic E-state index is 0.105. The number of nitrogens with zero attached hydrogens (tertiary/aromatic N) is 1. The number of anilines is 1. The zero-order valence-electron chi connectivity index (χ0n) is 9.16. The molecular formula is C10H10F2N2O2S. The molecule has 0 spiro atoms. The molecule has 1 rings (SSSR count). The first kappa shape index (κ1) is 13.4. The van der Waals surface area contributed by atoms with Gasteiger partial charge in [-0.3, -0.25) is 4.72 Å². The van der Waals surface area contributed by atoms with E-state index >= 15 is 0 Å². The van der Waals surface area contributed by atoms with Crippen LogP contribution in [0.1, 0.15) is 12.5 Å². The highest BCUT2D eigenvalue weighted by Gasteiger charge is 2.23. The summed E-state index contributed by atoms with van der Waals surface area (Å²) in [4.78, 5) is 0. The van der Waals surface area contributed by atoms with Gasteiger partial charge >= 0.3 is 0 Å². The van der Waals surface area contributed by atoms with Crippen LogP contribution in [0.15, 0.2) is 12.1 Å². The lowest BCUT2D eigenvalue weighted by molar-refractivity contribution is 0.577. The molecule has 0 radical (unpaired) electrons. The lowest BCUT2D eigenvalue weighted by Crippen LogP contribution is -2.25. The van der Waals surface area contributed by atoms with Gasteiger partial charge in [0.25, 0.3) is 0 Å². The maximum absolute atomic E-state index is 13.5. The van der Waals surface area contributed by atoms with Crippen molar-refractivity contribution in [3.63, 3.8) is 0 Å². The molecule has 0 aliphatic carbocycles. The standard InChI is InChI=1S/C10H10F2N2O2S/c1-6-3-4-8(11)10(9(6)12)14-17(15,16)7(2)5-13/h3-4,7,14H,1-2H3. The molecule has 92 valence electrons. The molecule has 4 nitrogen and oxygen atoms in total. The van der Waals surface area contributed by atoms with Gasteiger partial charge in [0, 0.05) is 0 Å². The predicted molar refractivity (Wildman–Crippen MR) is 58.7 cm³/mol. The first-order valence-corrected chi connectivity index (χ1v) is 6.20. The molecule has 7 heteroatoms. The van der Waals surface area contributed by atoms with Crippen LogP contribution in [0, 0.1) is 29.9 Å². The summed E-state index contributed by atoms with van der Waals surface area (Å²) in [5.41, 5.74) is -0.652. The monoisotopic (exact) mass is 260 g/mol. The first-order valence-electron chi connectivity index (χ1n) is 4.65. The van der Waals surface area contributed by atoms with Crippen LogP contribution < -0.4 is 4.72 Å². The summed E-state index contributed by atoms with van der Waals surface area (Å²) < 4.78 is 51.5. The lowest BCUT2D eigenvalue weighted by atomic mass is 10.2. The Kier molecular flexibility index (Phi) is 3.68. The fourth-order valence-corrected chi connectivity index (χ4v) is 1.84. The maximum Gasteiger partial charge on any atom is 0.249 e. The summed E-state index contributed by atoms with van der Waals surface area (Å²) in [5, 5.41) is 7.08. The molecule has 0 saturated heterocycles. The molecule has 0 fully saturated rings. The van der Waals surface area contributed by atoms with Crippen molar-refractivity contribution in [2.24, 2.45) is 0 Å². The average molecular weight is 260 g/mol. The van der Waals surface area contributed by atoms with E-state index in [1.807, 2.05) is 0 Å². The van der Waals surface area contributed by atoms with Crippen LogP contribution in [0.5, 0.6) is 0 Å². The Morgan fingerprint density at radius 2 is 2.00 bits per heavy atom. The highest BCUT2D eigenvalue weighted by Crippen LogP contribution is 2.23. The fraction of sp³-hybridized carbons (Fsp3) is 0.300. The number of nitriles is 1. The molecule has 0 amide bonds. The third-order valence-corrected chi connectivity index (χ3v) is 3.70. The maximum atomic E-state index is 13.5. The van der Waals surface area contributed by atoms with Crippen LogP contribution in [0.4, 0.5) is 14.5 Å². The summed E-state index contributed by atoms with van der Waals surface area (Å²) in [7, 11) is -4.12. The number of rotatable bonds is 3. The third-order valence-electron chi connectivity index (χ3n) is 2.18. The van der Waals surface area contributed by atoms with Gasteiger partial charge in [-0.25, -0.2) is 17.2 Å². The number of aryl methyl sites for hydroxylation is 1. The summed E-state index contributed by atoms with van der Waals surface area (Å²) in [6.45, 7) is 2.49. The molecule has 1 aromatic carbocycles. The van der Waals surface area contributed by atoms with Gasteiger partial charge in [0.15, 0.2) is 11.1 Å². The van der Waals surface area contributed by atoms with Crippen molar-refractivity contribution in [3.05, 3.63) is 29.3 Å². The summed E-state index contributed by atoms with van der Waals surface area (Å²) in [6.07, 6.45) is 0. The van der Waals surface area contributed by atoms with Crippen LogP contribution in [-0.4, -0.2) is 13.7 Å². The third kappa shape index (κ3) is 2.71. The van der Waals surface area contributed by atoms with E-state index in [1.165, 1.54) is 19.1 Å². The number of nitrogens with one attached hydrogen (secondary N) is 1. The zero-order chi connectivity index (χ0) is 13.2. The Morgan fingerprint density at radius 3 is 2.53 bits per heavy atom. The summed E-state index contributed by atoms with van der Waals surface area (Å²) in [6, 6.07) is 3.63. The van der Waals surface area contributed by atoms with Gasteiger partial charge in [-0.1, -0.05) is 6.07 Å². The van der Waals surface area contributed by atoms with E-state index < -0.39 is 32.6 Å². The molecule has 17 heavy (non-hydrogen) atoms. The quantitative estimate of drug-likeness (QED) is 0.902. The van der Waals surface area contributed by atoms with Crippen molar-refractivity contribution < 1.29 is 17.2 Å². The molecule has 1 unspecified atom stereocenters. The van der Waals surface area contributed by atoms with Crippen LogP contribution in [0.2, 0.25) is 0 Å². The second-order valence-electron chi connectivity index (χ2n) is 3.47. The zero-order valence-corrected chi connectivity index (χ0v) is 9.98. The van der Waals surface area contributed by atoms with Crippen molar-refractivity contribution in [2.45, 2.75) is 19.1 Å². The second-order valence-corrected chi connectivity index (χ2v) is 5.47. The molecule has 0 aromatic heterocycles. The van der Waals surface area contributed by atoms with E-state index in [4.69, 9.17) is 5.26 Å². The normalized spacial score (nSPS) is 12.9. The smallest absolute Gasteiger partial charge is 0.249 e. The number of sulfonamides is 1. The van der Waals surface area contributed by atoms with Gasteiger partial charge in [0.05, 0.1) is 6.07 Å². The first-order chi connectivity index (χ1) is 7.79. The summed E-state index contributed by atoms with van der Waals surface area (Å²) in [5.74, 6) is -2.01. The van der Waals surface area contributed by atoms with Gasteiger partial charge < -0.3 is 0 Å². The highest BCUT2D eigenvalue weighted by molar-refractivity contribution is 7.93. The largest absolute Gasteiger partial charge is 0.277 e. The second kappa shape index (κ2) is 4.67. The molecule has 0 aliphatic rings. The molecule has 0 aliphatic heterocycles. The topological polar surface area (TPSA) is 70.0 Å². The van der Waals surface area contributed by atoms with Gasteiger partial charge in [0.1, 0.15) is 11.5 Å². The molecule has 0 heterocycles. The van der Waals surface area contributed by atoms with E-state index in [0.29, 0.717) is 0 Å². The summed E-state index contributed by atoms with van der Waals surface area (Å²) >= 11 is 0. The fourth-order valence-electron chi connectivity index (χ4n) is 1.05. The van der Waals surface area contributed by atoms with Crippen molar-refractivity contribution in [1.29, 1.82) is 5.26 Å². The minimum atomic E-state index is -4.12. The Bertz CT molecular complexity index is 579. The number of halogens is 2. The van der Waals surface area contributed by atoms with E-state index in [0.717, 1.165) is 13.0 Å². The van der Waals surface area contributed by atoms with Gasteiger partial charge in [0.2, 0.25) is 10.0 Å². The van der Waals surface area contributed by atoms with Crippen molar-refractivity contribution in [2.75, 3.05) is 4.72 Å². The average Bonchev–Trinajstić information content (AvgIpc) is 2.28. The molecule has 1 aromatic rings. The number of hydrogen-bond acceptors (Lipinski definition) is 3. The molecule has 1 N–H and O–H groups in total. The van der Waals surface area contributed by atoms with E-state index in [1.54, 1.807) is 4.72 Å². The van der Waals surface area contributed by atoms with Crippen LogP contribution in [-0.2, 0) is 10.0 Å². The predicted octanol–water partition coefficient (Wildman–Crippen LogP) is 1.93. The SMILES string of the molecule is Cc1ccc(F)c(NS(=O)(=O)C(C)C#N)c1F. The minimum Gasteiger partial charge on any atom is -0.277 e. The van der Waals surface area contributed by atoms with Crippen molar-refractivity contribution in [1.82, 2.24) is 0 Å². The van der Waals surface area contributed by atoms with Crippen molar-refractivity contribution >= 4 is 15.7 Å². The van der Waals surface area contributed by atoms with Crippen LogP contribution in [0.3, 0.4) is 0 Å². The number of hydrogen-bond donors (Lipinski definition) is 1. The Morgan fingerprint density at radius 1 is 1.41 bits per heavy atom. The van der Waals surface area contributed by atoms with Crippen molar-refractivity contribution in [3.8, 4) is 6.07 Å². The van der Waals surface area contributed by atoms with E-state index in [-0.39, 0.29) is 5.56 Å².